The van der Waals surface area contributed by atoms with Crippen LogP contribution >= 0.6 is 0 Å². The minimum Gasteiger partial charge on any atom is -0.326 e. The van der Waals surface area contributed by atoms with E-state index in [4.69, 9.17) is 5.73 Å². The lowest BCUT2D eigenvalue weighted by Crippen LogP contribution is -2.01. The summed E-state index contributed by atoms with van der Waals surface area (Å²) in [7, 11) is 0. The summed E-state index contributed by atoms with van der Waals surface area (Å²) < 4.78 is 0. The van der Waals surface area contributed by atoms with E-state index in [0.717, 1.165) is 6.42 Å². The third kappa shape index (κ3) is 1.69. The first kappa shape index (κ1) is 10.3. The third-order valence-electron chi connectivity index (χ3n) is 3.36. The largest absolute Gasteiger partial charge is 0.326 e. The lowest BCUT2D eigenvalue weighted by atomic mass is 9.95. The number of hydrogen-bond acceptors (Lipinski definition) is 1. The summed E-state index contributed by atoms with van der Waals surface area (Å²) in [6.07, 6.45) is 3.34. The zero-order valence-corrected chi connectivity index (χ0v) is 9.69. The second kappa shape index (κ2) is 4.19. The number of fused-ring (bicyclic) bond motifs is 1. The lowest BCUT2D eigenvalue weighted by molar-refractivity contribution is 1.06. The molecule has 0 radical (unpaired) electrons. The Labute approximate surface area is 102 Å². The zero-order chi connectivity index (χ0) is 11.7. The number of allylic oxidation sites excluding steroid dienone is 1. The Morgan fingerprint density at radius 1 is 0.882 bits per heavy atom. The molecule has 17 heavy (non-hydrogen) atoms. The van der Waals surface area contributed by atoms with Crippen molar-refractivity contribution in [2.45, 2.75) is 13.0 Å². The highest BCUT2D eigenvalue weighted by atomic mass is 14.5. The molecule has 1 aliphatic rings. The highest BCUT2D eigenvalue weighted by molar-refractivity contribution is 5.85. The molecule has 2 aromatic carbocycles. The highest BCUT2D eigenvalue weighted by Crippen LogP contribution is 2.33. The molecule has 0 saturated carbocycles. The second-order valence-corrected chi connectivity index (χ2v) is 4.34. The van der Waals surface area contributed by atoms with E-state index < -0.39 is 0 Å². The Morgan fingerprint density at radius 2 is 1.59 bits per heavy atom. The maximum absolute atomic E-state index is 5.81. The van der Waals surface area contributed by atoms with E-state index in [1.165, 1.54) is 27.8 Å². The van der Waals surface area contributed by atoms with Gasteiger partial charge in [-0.3, -0.25) is 0 Å². The monoisotopic (exact) mass is 221 g/mol. The Balaban J connectivity index is 2.13. The molecule has 0 aliphatic heterocycles. The van der Waals surface area contributed by atoms with Gasteiger partial charge in [0.25, 0.3) is 0 Å². The van der Waals surface area contributed by atoms with Crippen LogP contribution in [0.15, 0.2) is 54.6 Å². The summed E-state index contributed by atoms with van der Waals surface area (Å²) in [6.45, 7) is 0.593. The van der Waals surface area contributed by atoms with Crippen molar-refractivity contribution in [2.24, 2.45) is 5.73 Å². The molecular formula is C16H15N. The van der Waals surface area contributed by atoms with Gasteiger partial charge in [-0.05, 0) is 34.2 Å². The van der Waals surface area contributed by atoms with Gasteiger partial charge in [0.15, 0.2) is 0 Å². The molecule has 0 unspecified atom stereocenters. The fourth-order valence-electron chi connectivity index (χ4n) is 2.50. The van der Waals surface area contributed by atoms with E-state index in [1.54, 1.807) is 0 Å². The molecule has 84 valence electrons. The van der Waals surface area contributed by atoms with Crippen LogP contribution in [0, 0.1) is 0 Å². The molecule has 0 amide bonds. The molecule has 1 nitrogen and oxygen atoms in total. The van der Waals surface area contributed by atoms with Crippen molar-refractivity contribution in [2.75, 3.05) is 0 Å². The van der Waals surface area contributed by atoms with Gasteiger partial charge in [0.2, 0.25) is 0 Å². The minimum absolute atomic E-state index is 0.593. The molecule has 0 fully saturated rings. The molecule has 0 heterocycles. The summed E-state index contributed by atoms with van der Waals surface area (Å²) in [5.74, 6) is 0. The molecule has 3 rings (SSSR count). The van der Waals surface area contributed by atoms with Crippen molar-refractivity contribution in [3.63, 3.8) is 0 Å². The van der Waals surface area contributed by atoms with Crippen molar-refractivity contribution in [3.05, 3.63) is 76.9 Å². The number of rotatable bonds is 2. The van der Waals surface area contributed by atoms with Gasteiger partial charge in [0.1, 0.15) is 0 Å². The summed E-state index contributed by atoms with van der Waals surface area (Å²) in [6, 6.07) is 17.0. The van der Waals surface area contributed by atoms with Crippen molar-refractivity contribution in [3.8, 4) is 0 Å². The predicted molar refractivity (Wildman–Crippen MR) is 71.6 cm³/mol. The fourth-order valence-corrected chi connectivity index (χ4v) is 2.50. The summed E-state index contributed by atoms with van der Waals surface area (Å²) in [5, 5.41) is 0. The van der Waals surface area contributed by atoms with Crippen LogP contribution in [0.5, 0.6) is 0 Å². The first-order chi connectivity index (χ1) is 8.40. The maximum Gasteiger partial charge on any atom is 0.0184 e. The average Bonchev–Trinajstić information content (AvgIpc) is 2.82. The van der Waals surface area contributed by atoms with Gasteiger partial charge in [-0.25, -0.2) is 0 Å². The molecule has 1 heteroatoms. The van der Waals surface area contributed by atoms with Gasteiger partial charge in [-0.1, -0.05) is 54.6 Å². The minimum atomic E-state index is 0.593. The molecule has 0 spiro atoms. The smallest absolute Gasteiger partial charge is 0.0184 e. The van der Waals surface area contributed by atoms with Crippen molar-refractivity contribution >= 4 is 5.57 Å². The average molecular weight is 221 g/mol. The first-order valence-corrected chi connectivity index (χ1v) is 5.97. The first-order valence-electron chi connectivity index (χ1n) is 5.97. The summed E-state index contributed by atoms with van der Waals surface area (Å²) >= 11 is 0. The fraction of sp³-hybridized carbons (Fsp3) is 0.125. The van der Waals surface area contributed by atoms with Crippen LogP contribution in [-0.4, -0.2) is 0 Å². The lowest BCUT2D eigenvalue weighted by Gasteiger charge is -2.10. The molecule has 1 aliphatic carbocycles. The normalized spacial score (nSPS) is 13.4. The molecule has 0 aromatic heterocycles. The molecule has 0 bridgehead atoms. The van der Waals surface area contributed by atoms with E-state index >= 15 is 0 Å². The van der Waals surface area contributed by atoms with E-state index in [1.807, 2.05) is 6.07 Å². The molecule has 0 saturated heterocycles. The quantitative estimate of drug-likeness (QED) is 0.828. The molecule has 0 atom stereocenters. The van der Waals surface area contributed by atoms with Crippen LogP contribution in [0.2, 0.25) is 0 Å². The topological polar surface area (TPSA) is 26.0 Å². The number of nitrogens with two attached hydrogens (primary N) is 1. The second-order valence-electron chi connectivity index (χ2n) is 4.34. The van der Waals surface area contributed by atoms with Crippen LogP contribution in [-0.2, 0) is 13.0 Å². The Hall–Kier alpha value is -1.86. The van der Waals surface area contributed by atoms with Crippen LogP contribution in [0.1, 0.15) is 22.3 Å². The van der Waals surface area contributed by atoms with Crippen molar-refractivity contribution in [1.29, 1.82) is 0 Å². The van der Waals surface area contributed by atoms with Gasteiger partial charge in [0.05, 0.1) is 0 Å². The molecule has 2 N–H and O–H groups in total. The van der Waals surface area contributed by atoms with Gasteiger partial charge in [-0.2, -0.15) is 0 Å². The predicted octanol–water partition coefficient (Wildman–Crippen LogP) is 3.13. The zero-order valence-electron chi connectivity index (χ0n) is 9.69. The standard InChI is InChI=1S/C16H15N/c17-11-13-6-2-4-8-15(13)16-10-9-12-5-1-3-7-14(12)16/h1-8,10H,9,11,17H2. The van der Waals surface area contributed by atoms with E-state index in [9.17, 15) is 0 Å². The van der Waals surface area contributed by atoms with Gasteiger partial charge in [0, 0.05) is 6.54 Å². The van der Waals surface area contributed by atoms with Crippen LogP contribution in [0.25, 0.3) is 5.57 Å². The van der Waals surface area contributed by atoms with Gasteiger partial charge >= 0.3 is 0 Å². The van der Waals surface area contributed by atoms with Crippen molar-refractivity contribution < 1.29 is 0 Å². The van der Waals surface area contributed by atoms with Crippen LogP contribution < -0.4 is 5.73 Å². The van der Waals surface area contributed by atoms with E-state index in [2.05, 4.69) is 48.5 Å². The van der Waals surface area contributed by atoms with Crippen LogP contribution in [0.3, 0.4) is 0 Å². The van der Waals surface area contributed by atoms with E-state index in [-0.39, 0.29) is 0 Å². The Morgan fingerprint density at radius 3 is 2.41 bits per heavy atom. The van der Waals surface area contributed by atoms with Gasteiger partial charge in [-0.15, -0.1) is 0 Å². The Kier molecular flexibility index (Phi) is 2.54. The number of hydrogen-bond donors (Lipinski definition) is 1. The highest BCUT2D eigenvalue weighted by Gasteiger charge is 2.16. The molecular weight excluding hydrogens is 206 g/mol. The van der Waals surface area contributed by atoms with Crippen molar-refractivity contribution in [1.82, 2.24) is 0 Å². The SMILES string of the molecule is NCc1ccccc1C1=CCc2ccccc21. The molecule has 2 aromatic rings. The van der Waals surface area contributed by atoms with Crippen LogP contribution in [0.4, 0.5) is 0 Å². The number of benzene rings is 2. The third-order valence-corrected chi connectivity index (χ3v) is 3.36. The Bertz CT molecular complexity index is 582. The maximum atomic E-state index is 5.81. The summed E-state index contributed by atoms with van der Waals surface area (Å²) in [5.41, 5.74) is 12.4. The van der Waals surface area contributed by atoms with E-state index in [0.29, 0.717) is 6.54 Å². The van der Waals surface area contributed by atoms with Gasteiger partial charge < -0.3 is 5.73 Å². The summed E-state index contributed by atoms with van der Waals surface area (Å²) in [4.78, 5) is 0.